The molecule has 0 saturated carbocycles. The third-order valence-corrected chi connectivity index (χ3v) is 2.03. The van der Waals surface area contributed by atoms with Crippen LogP contribution in [0.15, 0.2) is 25.3 Å². The van der Waals surface area contributed by atoms with Crippen molar-refractivity contribution < 1.29 is 9.53 Å². The third kappa shape index (κ3) is 8.51. The van der Waals surface area contributed by atoms with E-state index in [4.69, 9.17) is 4.74 Å². The molecule has 0 aromatic heterocycles. The van der Waals surface area contributed by atoms with Crippen LogP contribution in [0.4, 0.5) is 4.79 Å². The number of urea groups is 1. The van der Waals surface area contributed by atoms with Crippen molar-refractivity contribution in [2.75, 3.05) is 26.2 Å². The van der Waals surface area contributed by atoms with Gasteiger partial charge in [-0.2, -0.15) is 0 Å². The predicted molar refractivity (Wildman–Crippen MR) is 71.1 cm³/mol. The standard InChI is InChI=1S/C13H24N2O2/c1-5-9-15(10-6-2)13(16)14-8-7-11-17-12(3)4/h5-6,12H,1-2,7-11H2,3-4H3,(H,14,16). The number of nitrogens with one attached hydrogen (secondary N) is 1. The predicted octanol–water partition coefficient (Wildman–Crippen LogP) is 2.19. The van der Waals surface area contributed by atoms with Gasteiger partial charge in [0, 0.05) is 26.2 Å². The second kappa shape index (κ2) is 9.90. The number of ether oxygens (including phenoxy) is 1. The average Bonchev–Trinajstić information content (AvgIpc) is 2.27. The maximum Gasteiger partial charge on any atom is 0.317 e. The van der Waals surface area contributed by atoms with Gasteiger partial charge in [0.2, 0.25) is 0 Å². The molecule has 0 aliphatic carbocycles. The number of hydrogen-bond donors (Lipinski definition) is 1. The van der Waals surface area contributed by atoms with Crippen LogP contribution < -0.4 is 5.32 Å². The van der Waals surface area contributed by atoms with Gasteiger partial charge in [-0.05, 0) is 20.3 Å². The largest absolute Gasteiger partial charge is 0.379 e. The van der Waals surface area contributed by atoms with Gasteiger partial charge in [0.25, 0.3) is 0 Å². The first-order valence-corrected chi connectivity index (χ1v) is 5.98. The fourth-order valence-electron chi connectivity index (χ4n) is 1.25. The Morgan fingerprint density at radius 3 is 2.41 bits per heavy atom. The smallest absolute Gasteiger partial charge is 0.317 e. The van der Waals surface area contributed by atoms with Crippen LogP contribution in [0.1, 0.15) is 20.3 Å². The van der Waals surface area contributed by atoms with Gasteiger partial charge < -0.3 is 15.0 Å². The van der Waals surface area contributed by atoms with Crippen LogP contribution in [0.2, 0.25) is 0 Å². The lowest BCUT2D eigenvalue weighted by atomic mass is 10.4. The second-order valence-corrected chi connectivity index (χ2v) is 3.99. The summed E-state index contributed by atoms with van der Waals surface area (Å²) in [6, 6.07) is -0.0886. The quantitative estimate of drug-likeness (QED) is 0.496. The monoisotopic (exact) mass is 240 g/mol. The molecule has 0 aromatic carbocycles. The first-order chi connectivity index (χ1) is 8.11. The molecule has 0 fully saturated rings. The number of hydrogen-bond acceptors (Lipinski definition) is 2. The fourth-order valence-corrected chi connectivity index (χ4v) is 1.25. The topological polar surface area (TPSA) is 41.6 Å². The van der Waals surface area contributed by atoms with Crippen LogP contribution in [0.5, 0.6) is 0 Å². The van der Waals surface area contributed by atoms with E-state index >= 15 is 0 Å². The second-order valence-electron chi connectivity index (χ2n) is 3.99. The van der Waals surface area contributed by atoms with E-state index in [1.165, 1.54) is 0 Å². The lowest BCUT2D eigenvalue weighted by Gasteiger charge is -2.19. The van der Waals surface area contributed by atoms with E-state index < -0.39 is 0 Å². The lowest BCUT2D eigenvalue weighted by Crippen LogP contribution is -2.40. The highest BCUT2D eigenvalue weighted by Gasteiger charge is 2.08. The molecule has 4 nitrogen and oxygen atoms in total. The minimum absolute atomic E-state index is 0.0886. The Labute approximate surface area is 104 Å². The zero-order chi connectivity index (χ0) is 13.1. The maximum absolute atomic E-state index is 11.7. The molecule has 0 heterocycles. The summed E-state index contributed by atoms with van der Waals surface area (Å²) in [4.78, 5) is 13.3. The zero-order valence-corrected chi connectivity index (χ0v) is 10.9. The van der Waals surface area contributed by atoms with Crippen LogP contribution in [0.3, 0.4) is 0 Å². The number of amides is 2. The molecule has 0 bridgehead atoms. The molecule has 4 heteroatoms. The van der Waals surface area contributed by atoms with Crippen LogP contribution in [0.25, 0.3) is 0 Å². The molecule has 98 valence electrons. The van der Waals surface area contributed by atoms with Gasteiger partial charge in [-0.3, -0.25) is 0 Å². The minimum Gasteiger partial charge on any atom is -0.379 e. The highest BCUT2D eigenvalue weighted by molar-refractivity contribution is 5.74. The van der Waals surface area contributed by atoms with E-state index in [9.17, 15) is 4.79 Å². The molecule has 0 rings (SSSR count). The van der Waals surface area contributed by atoms with Gasteiger partial charge in [0.1, 0.15) is 0 Å². The molecule has 0 radical (unpaired) electrons. The molecule has 0 aliphatic rings. The molecule has 1 N–H and O–H groups in total. The zero-order valence-electron chi connectivity index (χ0n) is 10.9. The van der Waals surface area contributed by atoms with Gasteiger partial charge in [-0.15, -0.1) is 13.2 Å². The molecule has 0 unspecified atom stereocenters. The maximum atomic E-state index is 11.7. The van der Waals surface area contributed by atoms with Crippen molar-refractivity contribution in [2.45, 2.75) is 26.4 Å². The normalized spacial score (nSPS) is 10.1. The van der Waals surface area contributed by atoms with Gasteiger partial charge in [0.05, 0.1) is 6.10 Å². The molecule has 0 saturated heterocycles. The molecule has 2 amide bonds. The number of carbonyl (C=O) groups excluding carboxylic acids is 1. The fraction of sp³-hybridized carbons (Fsp3) is 0.615. The van der Waals surface area contributed by atoms with Gasteiger partial charge in [-0.1, -0.05) is 12.2 Å². The molecular formula is C13H24N2O2. The van der Waals surface area contributed by atoms with Gasteiger partial charge >= 0.3 is 6.03 Å². The summed E-state index contributed by atoms with van der Waals surface area (Å²) in [5, 5.41) is 2.84. The summed E-state index contributed by atoms with van der Waals surface area (Å²) in [6.45, 7) is 13.6. The Kier molecular flexibility index (Phi) is 9.15. The summed E-state index contributed by atoms with van der Waals surface area (Å²) < 4.78 is 5.38. The Bertz CT molecular complexity index is 230. The molecule has 0 atom stereocenters. The lowest BCUT2D eigenvalue weighted by molar-refractivity contribution is 0.0772. The molecule has 17 heavy (non-hydrogen) atoms. The Morgan fingerprint density at radius 1 is 1.35 bits per heavy atom. The van der Waals surface area contributed by atoms with Gasteiger partial charge in [-0.25, -0.2) is 4.79 Å². The first-order valence-electron chi connectivity index (χ1n) is 5.98. The number of nitrogens with zero attached hydrogens (tertiary/aromatic N) is 1. The summed E-state index contributed by atoms with van der Waals surface area (Å²) in [5.41, 5.74) is 0. The average molecular weight is 240 g/mol. The van der Waals surface area contributed by atoms with Crippen LogP contribution in [0, 0.1) is 0 Å². The summed E-state index contributed by atoms with van der Waals surface area (Å²) in [6.07, 6.45) is 4.46. The van der Waals surface area contributed by atoms with Crippen molar-refractivity contribution in [3.05, 3.63) is 25.3 Å². The Balaban J connectivity index is 3.73. The summed E-state index contributed by atoms with van der Waals surface area (Å²) in [7, 11) is 0. The van der Waals surface area contributed by atoms with Crippen molar-refractivity contribution in [1.29, 1.82) is 0 Å². The summed E-state index contributed by atoms with van der Waals surface area (Å²) in [5.74, 6) is 0. The number of rotatable bonds is 9. The first kappa shape index (κ1) is 15.7. The molecule has 0 aromatic rings. The Hall–Kier alpha value is -1.29. The molecule has 0 spiro atoms. The summed E-state index contributed by atoms with van der Waals surface area (Å²) >= 11 is 0. The van der Waals surface area contributed by atoms with E-state index in [-0.39, 0.29) is 12.1 Å². The van der Waals surface area contributed by atoms with Crippen LogP contribution in [-0.4, -0.2) is 43.3 Å². The van der Waals surface area contributed by atoms with Gasteiger partial charge in [0.15, 0.2) is 0 Å². The van der Waals surface area contributed by atoms with E-state index in [0.29, 0.717) is 26.2 Å². The molecule has 0 aliphatic heterocycles. The highest BCUT2D eigenvalue weighted by atomic mass is 16.5. The van der Waals surface area contributed by atoms with E-state index in [1.807, 2.05) is 13.8 Å². The molecular weight excluding hydrogens is 216 g/mol. The van der Waals surface area contributed by atoms with Crippen molar-refractivity contribution in [3.8, 4) is 0 Å². The van der Waals surface area contributed by atoms with E-state index in [1.54, 1.807) is 17.1 Å². The Morgan fingerprint density at radius 2 is 1.94 bits per heavy atom. The van der Waals surface area contributed by atoms with E-state index in [2.05, 4.69) is 18.5 Å². The third-order valence-electron chi connectivity index (χ3n) is 2.03. The highest BCUT2D eigenvalue weighted by Crippen LogP contribution is 1.92. The van der Waals surface area contributed by atoms with Crippen molar-refractivity contribution in [3.63, 3.8) is 0 Å². The SMILES string of the molecule is C=CCN(CC=C)C(=O)NCCCOC(C)C. The van der Waals surface area contributed by atoms with Crippen molar-refractivity contribution >= 4 is 6.03 Å². The van der Waals surface area contributed by atoms with Crippen molar-refractivity contribution in [2.24, 2.45) is 0 Å². The van der Waals surface area contributed by atoms with Crippen molar-refractivity contribution in [1.82, 2.24) is 10.2 Å². The minimum atomic E-state index is -0.0886. The van der Waals surface area contributed by atoms with E-state index in [0.717, 1.165) is 6.42 Å². The number of carbonyl (C=O) groups is 1. The van der Waals surface area contributed by atoms with Crippen LogP contribution in [-0.2, 0) is 4.74 Å². The van der Waals surface area contributed by atoms with Crippen LogP contribution >= 0.6 is 0 Å².